The average molecular weight is 667 g/mol. The number of aryl methyl sites for hydroxylation is 1. The highest BCUT2D eigenvalue weighted by atomic mass is 35.5. The zero-order chi connectivity index (χ0) is 34.9. The van der Waals surface area contributed by atoms with Crippen LogP contribution in [0.1, 0.15) is 83.2 Å². The smallest absolute Gasteiger partial charge is 0.354 e. The Balaban J connectivity index is 0.000000300. The second kappa shape index (κ2) is 16.4. The summed E-state index contributed by atoms with van der Waals surface area (Å²) in [5.74, 6) is -0.160. The molecule has 0 aliphatic rings. The molecular formula is C36H52ClFN8O. The highest BCUT2D eigenvalue weighted by Gasteiger charge is 2.21. The van der Waals surface area contributed by atoms with E-state index in [0.29, 0.717) is 24.3 Å². The van der Waals surface area contributed by atoms with Crippen molar-refractivity contribution in [1.29, 1.82) is 0 Å². The largest absolute Gasteiger partial charge is 0.370 e. The first-order valence-corrected chi connectivity index (χ1v) is 16.5. The number of aromatic nitrogens is 3. The van der Waals surface area contributed by atoms with Gasteiger partial charge in [-0.1, -0.05) is 71.3 Å². The van der Waals surface area contributed by atoms with Gasteiger partial charge in [0.15, 0.2) is 5.96 Å². The molecule has 2 heterocycles. The Labute approximate surface area is 283 Å². The molecule has 0 bridgehead atoms. The Morgan fingerprint density at radius 2 is 1.68 bits per heavy atom. The van der Waals surface area contributed by atoms with Crippen LogP contribution in [0, 0.1) is 5.82 Å². The number of rotatable bonds is 11. The van der Waals surface area contributed by atoms with Gasteiger partial charge in [0.25, 0.3) is 0 Å². The van der Waals surface area contributed by atoms with Crippen molar-refractivity contribution < 1.29 is 4.39 Å². The summed E-state index contributed by atoms with van der Waals surface area (Å²) in [6.45, 7) is 15.4. The summed E-state index contributed by atoms with van der Waals surface area (Å²) in [5.41, 5.74) is 21.0. The van der Waals surface area contributed by atoms with Gasteiger partial charge in [0.1, 0.15) is 11.5 Å². The van der Waals surface area contributed by atoms with E-state index >= 15 is 0 Å². The molecule has 4 rings (SSSR count). The predicted octanol–water partition coefficient (Wildman–Crippen LogP) is 6.16. The van der Waals surface area contributed by atoms with Gasteiger partial charge < -0.3 is 27.1 Å². The van der Waals surface area contributed by atoms with Crippen molar-refractivity contribution in [2.45, 2.75) is 84.6 Å². The lowest BCUT2D eigenvalue weighted by atomic mass is 9.85. The number of hydrogen-bond donors (Lipinski definition) is 4. The molecule has 0 aliphatic carbocycles. The first-order chi connectivity index (χ1) is 22.0. The van der Waals surface area contributed by atoms with Crippen molar-refractivity contribution in [3.8, 4) is 5.69 Å². The maximum absolute atomic E-state index is 13.9. The molecule has 47 heavy (non-hydrogen) atoms. The highest BCUT2D eigenvalue weighted by molar-refractivity contribution is 6.30. The van der Waals surface area contributed by atoms with Crippen LogP contribution in [0.25, 0.3) is 16.7 Å². The number of nitrogens with two attached hydrogens (primary N) is 3. The third kappa shape index (κ3) is 11.2. The Bertz CT molecular complexity index is 1690. The van der Waals surface area contributed by atoms with E-state index in [0.717, 1.165) is 61.1 Å². The number of H-pyrrole nitrogens is 1. The van der Waals surface area contributed by atoms with E-state index in [1.165, 1.54) is 5.56 Å². The van der Waals surface area contributed by atoms with Crippen LogP contribution in [0.4, 0.5) is 4.39 Å². The molecule has 0 spiro atoms. The molecule has 11 heteroatoms. The number of nitrogens with zero attached hydrogens (tertiary/aromatic N) is 4. The molecule has 0 fully saturated rings. The van der Waals surface area contributed by atoms with Crippen LogP contribution >= 0.6 is 11.6 Å². The van der Waals surface area contributed by atoms with Crippen LogP contribution in [0.2, 0.25) is 5.02 Å². The van der Waals surface area contributed by atoms with Crippen molar-refractivity contribution >= 4 is 28.6 Å². The number of aliphatic imine (C=N–C) groups is 1. The molecule has 0 saturated carbocycles. The highest BCUT2D eigenvalue weighted by Crippen LogP contribution is 2.31. The van der Waals surface area contributed by atoms with Gasteiger partial charge in [0.2, 0.25) is 0 Å². The second-order valence-corrected chi connectivity index (χ2v) is 14.5. The number of fused-ring (bicyclic) bond motifs is 1. The van der Waals surface area contributed by atoms with Gasteiger partial charge in [-0.25, -0.2) is 9.18 Å². The Morgan fingerprint density at radius 3 is 2.28 bits per heavy atom. The molecule has 7 N–H and O–H groups in total. The third-order valence-corrected chi connectivity index (χ3v) is 8.07. The summed E-state index contributed by atoms with van der Waals surface area (Å²) >= 11 is 5.94. The predicted molar refractivity (Wildman–Crippen MR) is 194 cm³/mol. The van der Waals surface area contributed by atoms with Crippen molar-refractivity contribution in [2.75, 3.05) is 26.7 Å². The zero-order valence-electron chi connectivity index (χ0n) is 29.0. The minimum Gasteiger partial charge on any atom is -0.370 e. The van der Waals surface area contributed by atoms with E-state index in [4.69, 9.17) is 28.8 Å². The van der Waals surface area contributed by atoms with Crippen LogP contribution in [-0.2, 0) is 23.8 Å². The van der Waals surface area contributed by atoms with Crippen LogP contribution in [0.5, 0.6) is 0 Å². The Morgan fingerprint density at radius 1 is 1.00 bits per heavy atom. The summed E-state index contributed by atoms with van der Waals surface area (Å²) in [4.78, 5) is 26.2. The van der Waals surface area contributed by atoms with Gasteiger partial charge in [0.05, 0.1) is 10.7 Å². The lowest BCUT2D eigenvalue weighted by molar-refractivity contribution is 0.324. The lowest BCUT2D eigenvalue weighted by Gasteiger charge is -2.21. The fourth-order valence-corrected chi connectivity index (χ4v) is 5.34. The summed E-state index contributed by atoms with van der Waals surface area (Å²) in [6.07, 6.45) is 5.64. The summed E-state index contributed by atoms with van der Waals surface area (Å²) < 4.78 is 15.5. The minimum atomic E-state index is -0.297. The van der Waals surface area contributed by atoms with Gasteiger partial charge in [-0.2, -0.15) is 4.98 Å². The fraction of sp³-hybridized carbons (Fsp3) is 0.472. The molecule has 256 valence electrons. The normalized spacial score (nSPS) is 11.9. The maximum Gasteiger partial charge on any atom is 0.354 e. The first-order valence-electron chi connectivity index (χ1n) is 16.1. The number of benzene rings is 2. The van der Waals surface area contributed by atoms with E-state index in [9.17, 15) is 9.18 Å². The topological polar surface area (TPSA) is 144 Å². The Kier molecular flexibility index (Phi) is 13.2. The summed E-state index contributed by atoms with van der Waals surface area (Å²) in [7, 11) is 2.06. The van der Waals surface area contributed by atoms with Gasteiger partial charge in [-0.3, -0.25) is 9.56 Å². The quantitative estimate of drug-likeness (QED) is 0.0857. The van der Waals surface area contributed by atoms with Crippen molar-refractivity contribution in [3.05, 3.63) is 92.4 Å². The number of guanidine groups is 1. The SMILES string of the molecule is CC(C)(C)c1cc(CCCCN)cc(Cl)c1F.CN(CCCN=C(N)N)Cc1ccc(-n2cc3cc(C(C)(C)C)[nH]c3nc2=O)cc1. The maximum atomic E-state index is 13.9. The third-order valence-electron chi connectivity index (χ3n) is 7.79. The van der Waals surface area contributed by atoms with Gasteiger partial charge in [-0.05, 0) is 92.2 Å². The second-order valence-electron chi connectivity index (χ2n) is 14.1. The lowest BCUT2D eigenvalue weighted by Crippen LogP contribution is -2.24. The fourth-order valence-electron chi connectivity index (χ4n) is 5.09. The molecule has 0 atom stereocenters. The van der Waals surface area contributed by atoms with Crippen molar-refractivity contribution in [2.24, 2.45) is 22.2 Å². The molecule has 2 aromatic carbocycles. The zero-order valence-corrected chi connectivity index (χ0v) is 29.7. The average Bonchev–Trinajstić information content (AvgIpc) is 3.41. The number of aromatic amines is 1. The summed E-state index contributed by atoms with van der Waals surface area (Å²) in [5, 5.41) is 1.14. The van der Waals surface area contributed by atoms with E-state index < -0.39 is 0 Å². The number of nitrogens with one attached hydrogen (secondary N) is 1. The van der Waals surface area contributed by atoms with Crippen molar-refractivity contribution in [1.82, 2.24) is 19.4 Å². The molecule has 4 aromatic rings. The first kappa shape index (κ1) is 37.7. The van der Waals surface area contributed by atoms with E-state index in [-0.39, 0.29) is 33.3 Å². The number of halogens is 2. The minimum absolute atomic E-state index is 0.0362. The van der Waals surface area contributed by atoms with Crippen LogP contribution < -0.4 is 22.9 Å². The van der Waals surface area contributed by atoms with E-state index in [1.807, 2.05) is 57.3 Å². The molecule has 0 amide bonds. The van der Waals surface area contributed by atoms with Crippen LogP contribution in [0.3, 0.4) is 0 Å². The van der Waals surface area contributed by atoms with Gasteiger partial charge >= 0.3 is 5.69 Å². The number of unbranched alkanes of at least 4 members (excludes halogenated alkanes) is 1. The standard InChI is InChI=1S/C22H31N7O.C14H21ClFN/c1-22(2,3)18-12-16-14-29(21(30)27-19(16)26-18)17-8-6-15(7-9-17)13-28(4)11-5-10-25-20(23)24;1-14(2,3)11-8-10(6-4-5-7-17)9-12(15)13(11)16/h6-9,12,14H,5,10-11,13H2,1-4H3,(H4,23,24,25)(H,26,27,30);8-9H,4-7,17H2,1-3H3. The van der Waals surface area contributed by atoms with Gasteiger partial charge in [-0.15, -0.1) is 0 Å². The molecule has 0 unspecified atom stereocenters. The Hall–Kier alpha value is -3.73. The molecule has 0 radical (unpaired) electrons. The molecule has 2 aromatic heterocycles. The van der Waals surface area contributed by atoms with Gasteiger partial charge in [0, 0.05) is 35.8 Å². The van der Waals surface area contributed by atoms with Crippen LogP contribution in [-0.4, -0.2) is 52.1 Å². The van der Waals surface area contributed by atoms with Crippen molar-refractivity contribution in [3.63, 3.8) is 0 Å². The van der Waals surface area contributed by atoms with E-state index in [2.05, 4.69) is 53.7 Å². The molecule has 0 saturated heterocycles. The molecule has 0 aliphatic heterocycles. The number of hydrogen-bond acceptors (Lipinski definition) is 5. The monoisotopic (exact) mass is 666 g/mol. The van der Waals surface area contributed by atoms with Crippen LogP contribution in [0.15, 0.2) is 58.4 Å². The molecular weight excluding hydrogens is 615 g/mol. The van der Waals surface area contributed by atoms with E-state index in [1.54, 1.807) is 10.6 Å². The summed E-state index contributed by atoms with van der Waals surface area (Å²) in [6, 6.07) is 13.7. The molecule has 9 nitrogen and oxygen atoms in total.